The van der Waals surface area contributed by atoms with Crippen LogP contribution in [0.4, 0.5) is 0 Å². The fraction of sp³-hybridized carbons (Fsp3) is 1.00. The third kappa shape index (κ3) is 4.27. The Morgan fingerprint density at radius 1 is 2.00 bits per heavy atom. The molecule has 38 valence electrons. The first-order valence-corrected chi connectivity index (χ1v) is 2.31. The second-order valence-corrected chi connectivity index (χ2v) is 1.83. The fourth-order valence-electron chi connectivity index (χ4n) is 0. The van der Waals surface area contributed by atoms with Crippen molar-refractivity contribution < 1.29 is 5.11 Å². The topological polar surface area (TPSA) is 46.2 Å². The van der Waals surface area contributed by atoms with Gasteiger partial charge in [-0.05, 0) is 6.92 Å². The number of thiol groups is 1. The maximum atomic E-state index is 8.53. The Kier molecular flexibility index (Phi) is 1.90. The number of nitrogens with two attached hydrogens (primary N) is 1. The van der Waals surface area contributed by atoms with Gasteiger partial charge in [0.05, 0.1) is 0 Å². The summed E-state index contributed by atoms with van der Waals surface area (Å²) in [4.78, 5) is 0. The number of hydrogen-bond acceptors (Lipinski definition) is 3. The van der Waals surface area contributed by atoms with Crippen LogP contribution in [0.2, 0.25) is 0 Å². The predicted molar refractivity (Wildman–Crippen MR) is 28.7 cm³/mol. The van der Waals surface area contributed by atoms with Crippen molar-refractivity contribution in [1.82, 2.24) is 0 Å². The van der Waals surface area contributed by atoms with Gasteiger partial charge in [0, 0.05) is 5.75 Å². The summed E-state index contributed by atoms with van der Waals surface area (Å²) in [7, 11) is 0. The molecule has 0 heterocycles. The first-order valence-electron chi connectivity index (χ1n) is 1.68. The molecule has 0 radical (unpaired) electrons. The Balaban J connectivity index is 3.17. The summed E-state index contributed by atoms with van der Waals surface area (Å²) in [6.07, 6.45) is 0. The van der Waals surface area contributed by atoms with E-state index in [4.69, 9.17) is 10.8 Å². The molecule has 0 amide bonds. The van der Waals surface area contributed by atoms with Gasteiger partial charge in [-0.25, -0.2) is 0 Å². The third-order valence-corrected chi connectivity index (χ3v) is 0.960. The van der Waals surface area contributed by atoms with Crippen LogP contribution in [0, 0.1) is 0 Å². The van der Waals surface area contributed by atoms with Gasteiger partial charge in [-0.1, -0.05) is 0 Å². The number of hydrogen-bond donors (Lipinski definition) is 3. The minimum absolute atomic E-state index is 0.299. The van der Waals surface area contributed by atoms with Crippen LogP contribution >= 0.6 is 12.6 Å². The molecule has 3 N–H and O–H groups in total. The highest BCUT2D eigenvalue weighted by atomic mass is 32.1. The van der Waals surface area contributed by atoms with E-state index >= 15 is 0 Å². The standard InChI is InChI=1S/C3H9NOS/c1-3(4,5)2-6/h5-6H,2,4H2,1H3. The summed E-state index contributed by atoms with van der Waals surface area (Å²) in [5, 5.41) is 8.53. The van der Waals surface area contributed by atoms with Crippen molar-refractivity contribution in [2.75, 3.05) is 5.75 Å². The van der Waals surface area contributed by atoms with E-state index in [0.29, 0.717) is 5.75 Å². The second kappa shape index (κ2) is 1.82. The van der Waals surface area contributed by atoms with Gasteiger partial charge in [0.1, 0.15) is 5.72 Å². The SMILES string of the molecule is CC(N)(O)CS. The molecule has 0 aliphatic rings. The lowest BCUT2D eigenvalue weighted by atomic mass is 10.3. The average Bonchev–Trinajstić information content (AvgIpc) is 1.35. The molecule has 0 bridgehead atoms. The van der Waals surface area contributed by atoms with Crippen molar-refractivity contribution in [3.05, 3.63) is 0 Å². The van der Waals surface area contributed by atoms with Crippen LogP contribution in [0.15, 0.2) is 0 Å². The molecule has 0 fully saturated rings. The Labute approximate surface area is 42.8 Å². The third-order valence-electron chi connectivity index (χ3n) is 0.320. The average molecular weight is 107 g/mol. The highest BCUT2D eigenvalue weighted by molar-refractivity contribution is 7.80. The Bertz CT molecular complexity index is 40.5. The zero-order chi connectivity index (χ0) is 5.21. The van der Waals surface area contributed by atoms with Crippen molar-refractivity contribution in [3.63, 3.8) is 0 Å². The zero-order valence-electron chi connectivity index (χ0n) is 3.68. The van der Waals surface area contributed by atoms with Gasteiger partial charge in [0.25, 0.3) is 0 Å². The van der Waals surface area contributed by atoms with Crippen LogP contribution in [0.1, 0.15) is 6.92 Å². The van der Waals surface area contributed by atoms with Crippen molar-refractivity contribution in [2.24, 2.45) is 5.73 Å². The summed E-state index contributed by atoms with van der Waals surface area (Å²) in [6, 6.07) is 0. The highest BCUT2D eigenvalue weighted by Crippen LogP contribution is 1.91. The van der Waals surface area contributed by atoms with E-state index in [9.17, 15) is 0 Å². The minimum Gasteiger partial charge on any atom is -0.376 e. The monoisotopic (exact) mass is 107 g/mol. The lowest BCUT2D eigenvalue weighted by Crippen LogP contribution is -2.37. The summed E-state index contributed by atoms with van der Waals surface area (Å²) >= 11 is 3.73. The van der Waals surface area contributed by atoms with Crippen molar-refractivity contribution >= 4 is 12.6 Å². The van der Waals surface area contributed by atoms with Crippen molar-refractivity contribution in [2.45, 2.75) is 12.6 Å². The number of rotatable bonds is 1. The van der Waals surface area contributed by atoms with Gasteiger partial charge < -0.3 is 10.8 Å². The molecule has 3 heteroatoms. The van der Waals surface area contributed by atoms with Crippen LogP contribution in [-0.4, -0.2) is 16.6 Å². The molecule has 6 heavy (non-hydrogen) atoms. The molecule has 2 nitrogen and oxygen atoms in total. The smallest absolute Gasteiger partial charge is 0.119 e. The van der Waals surface area contributed by atoms with E-state index in [2.05, 4.69) is 12.6 Å². The molecule has 0 spiro atoms. The Morgan fingerprint density at radius 3 is 2.17 bits per heavy atom. The van der Waals surface area contributed by atoms with Crippen molar-refractivity contribution in [1.29, 1.82) is 0 Å². The molecule has 1 unspecified atom stereocenters. The molecule has 0 aromatic rings. The second-order valence-electron chi connectivity index (χ2n) is 1.52. The lowest BCUT2D eigenvalue weighted by Gasteiger charge is -2.11. The zero-order valence-corrected chi connectivity index (χ0v) is 4.57. The largest absolute Gasteiger partial charge is 0.376 e. The van der Waals surface area contributed by atoms with Crippen LogP contribution in [0.25, 0.3) is 0 Å². The molecule has 0 saturated carbocycles. The number of aliphatic hydroxyl groups is 1. The Morgan fingerprint density at radius 2 is 2.17 bits per heavy atom. The summed E-state index contributed by atoms with van der Waals surface area (Å²) in [6.45, 7) is 1.50. The van der Waals surface area contributed by atoms with Crippen LogP contribution in [0.3, 0.4) is 0 Å². The lowest BCUT2D eigenvalue weighted by molar-refractivity contribution is 0.0937. The molecule has 0 aromatic carbocycles. The molecule has 0 aliphatic carbocycles. The van der Waals surface area contributed by atoms with Crippen LogP contribution in [0.5, 0.6) is 0 Å². The summed E-state index contributed by atoms with van der Waals surface area (Å²) < 4.78 is 0. The fourth-order valence-corrected chi connectivity index (χ4v) is 0. The minimum atomic E-state index is -1.09. The molecule has 0 aliphatic heterocycles. The molecular weight excluding hydrogens is 98.1 g/mol. The van der Waals surface area contributed by atoms with Gasteiger partial charge in [0.2, 0.25) is 0 Å². The quantitative estimate of drug-likeness (QED) is 0.315. The molecule has 0 rings (SSSR count). The maximum absolute atomic E-state index is 8.53. The van der Waals surface area contributed by atoms with E-state index in [0.717, 1.165) is 0 Å². The summed E-state index contributed by atoms with van der Waals surface area (Å²) in [5.74, 6) is 0.299. The maximum Gasteiger partial charge on any atom is 0.119 e. The van der Waals surface area contributed by atoms with Gasteiger partial charge >= 0.3 is 0 Å². The Hall–Kier alpha value is 0.270. The highest BCUT2D eigenvalue weighted by Gasteiger charge is 2.06. The van der Waals surface area contributed by atoms with Crippen LogP contribution in [-0.2, 0) is 0 Å². The molecule has 0 aromatic heterocycles. The van der Waals surface area contributed by atoms with Gasteiger partial charge in [-0.15, -0.1) is 0 Å². The van der Waals surface area contributed by atoms with Gasteiger partial charge in [-0.3, -0.25) is 0 Å². The van der Waals surface area contributed by atoms with Gasteiger partial charge in [0.15, 0.2) is 0 Å². The molecular formula is C3H9NOS. The summed E-state index contributed by atoms with van der Waals surface area (Å²) in [5.41, 5.74) is 3.92. The van der Waals surface area contributed by atoms with Crippen LogP contribution < -0.4 is 5.73 Å². The first kappa shape index (κ1) is 6.27. The van der Waals surface area contributed by atoms with Gasteiger partial charge in [-0.2, -0.15) is 12.6 Å². The molecule has 0 saturated heterocycles. The van der Waals surface area contributed by atoms with Crippen molar-refractivity contribution in [3.8, 4) is 0 Å². The van der Waals surface area contributed by atoms with E-state index < -0.39 is 5.72 Å². The normalized spacial score (nSPS) is 20.0. The van der Waals surface area contributed by atoms with E-state index in [1.54, 1.807) is 0 Å². The van der Waals surface area contributed by atoms with E-state index in [1.165, 1.54) is 6.92 Å². The van der Waals surface area contributed by atoms with E-state index in [-0.39, 0.29) is 0 Å². The first-order chi connectivity index (χ1) is 2.56. The molecule has 1 atom stereocenters. The predicted octanol–water partition coefficient (Wildman–Crippen LogP) is -0.417. The van der Waals surface area contributed by atoms with E-state index in [1.807, 2.05) is 0 Å².